The van der Waals surface area contributed by atoms with Crippen molar-refractivity contribution in [2.75, 3.05) is 36.8 Å². The van der Waals surface area contributed by atoms with Crippen LogP contribution >= 0.6 is 92.5 Å². The van der Waals surface area contributed by atoms with Crippen LogP contribution in [0, 0.1) is 11.6 Å². The Labute approximate surface area is 720 Å². The third-order valence-electron chi connectivity index (χ3n) is 17.0. The minimum absolute atomic E-state index is 0. The average molecular weight is 1810 g/mol. The number of aliphatic carboxylic acids is 1. The third-order valence-corrected chi connectivity index (χ3v) is 20.7. The summed E-state index contributed by atoms with van der Waals surface area (Å²) in [5, 5.41) is 13.3. The number of carbonyl (C=O) groups excluding carboxylic acids is 3. The number of fused-ring (bicyclic) bond motifs is 8. The zero-order chi connectivity index (χ0) is 80.9. The summed E-state index contributed by atoms with van der Waals surface area (Å²) in [6.45, 7) is 29.8. The van der Waals surface area contributed by atoms with Gasteiger partial charge in [-0.2, -0.15) is 0 Å². The zero-order valence-electron chi connectivity index (χ0n) is 65.1. The molecule has 22 nitrogen and oxygen atoms in total. The van der Waals surface area contributed by atoms with Crippen LogP contribution in [-0.4, -0.2) is 115 Å². The summed E-state index contributed by atoms with van der Waals surface area (Å²) in [4.78, 5) is 121. The molecule has 0 aliphatic rings. The molecule has 0 saturated heterocycles. The van der Waals surface area contributed by atoms with Gasteiger partial charge in [0.1, 0.15) is 42.2 Å². The normalized spacial score (nSPS) is 11.2. The largest absolute Gasteiger partial charge is 1.00 e. The van der Waals surface area contributed by atoms with Gasteiger partial charge in [-0.1, -0.05) is 174 Å². The summed E-state index contributed by atoms with van der Waals surface area (Å²) in [5.41, 5.74) is 4.01. The summed E-state index contributed by atoms with van der Waals surface area (Å²) in [7, 11) is 0. The van der Waals surface area contributed by atoms with Gasteiger partial charge >= 0.3 is 42.7 Å². The number of thioether (sulfide) groups is 2. The van der Waals surface area contributed by atoms with E-state index in [0.29, 0.717) is 92.0 Å². The predicted molar refractivity (Wildman–Crippen MR) is 469 cm³/mol. The maximum absolute atomic E-state index is 14.9. The minimum atomic E-state index is -1.01. The molecular formula is C83H97Cl4F2ILiN8O14S2-. The van der Waals surface area contributed by atoms with Crippen molar-refractivity contribution in [3.63, 3.8) is 0 Å². The number of hydrogen-bond donors (Lipinski definition) is 2. The molecule has 12 rings (SSSR count). The van der Waals surface area contributed by atoms with Crippen molar-refractivity contribution in [2.24, 2.45) is 0 Å². The van der Waals surface area contributed by atoms with Gasteiger partial charge in [0, 0.05) is 66.0 Å². The van der Waals surface area contributed by atoms with Crippen LogP contribution in [0.5, 0.6) is 0 Å². The predicted octanol–water partition coefficient (Wildman–Crippen LogP) is 17.0. The second-order valence-electron chi connectivity index (χ2n) is 28.9. The molecule has 0 radical (unpaired) electrons. The van der Waals surface area contributed by atoms with E-state index in [1.807, 2.05) is 116 Å². The Morgan fingerprint density at radius 3 is 1.05 bits per heavy atom. The van der Waals surface area contributed by atoms with Crippen LogP contribution in [0.4, 0.5) is 8.78 Å². The van der Waals surface area contributed by atoms with E-state index in [0.717, 1.165) is 22.0 Å². The van der Waals surface area contributed by atoms with Crippen molar-refractivity contribution in [2.45, 2.75) is 177 Å². The topological polar surface area (TPSA) is 327 Å². The van der Waals surface area contributed by atoms with Crippen LogP contribution in [0.1, 0.15) is 149 Å². The van der Waals surface area contributed by atoms with E-state index >= 15 is 0 Å². The second-order valence-corrected chi connectivity index (χ2v) is 33.0. The number of esters is 3. The Hall–Kier alpha value is -7.79. The molecule has 0 saturated carbocycles. The second kappa shape index (κ2) is 42.6. The van der Waals surface area contributed by atoms with Gasteiger partial charge in [-0.15, -0.1) is 23.5 Å². The molecule has 0 aliphatic carbocycles. The number of nitrogens with one attached hydrogen (secondary N) is 1. The SMILES string of the molecule is C.C.C.CC(C)(C)c1ccc2c(=O)c3ccc(Cl)c(F)c3[nH]c2n1.CCOC(=O)CI.CCOC(=O)Cn1c2nc(C(C)(C)C)ccc2c(=O)c2ccc(Cl)c(F)c21.CCOC(=O)Cn1c2nc(C(C)(C)C)ccc2c(=O)c2ccc(Cl)c(SC)c21.CSc1c(Cl)ccc2c(=O)c3ccc(C(C)(C)C)nc3n(CC(=O)O)c12.[Li+].[OH-].[OH-]. The van der Waals surface area contributed by atoms with Gasteiger partial charge in [0.05, 0.1) is 97.7 Å². The Balaban J connectivity index is 0.000000498. The first-order chi connectivity index (χ1) is 51.1. The van der Waals surface area contributed by atoms with Gasteiger partial charge in [-0.25, -0.2) is 28.7 Å². The molecule has 4 aromatic carbocycles. The minimum Gasteiger partial charge on any atom is -0.870 e. The molecule has 32 heteroatoms. The first kappa shape index (κ1) is 103. The Morgan fingerprint density at radius 1 is 0.435 bits per heavy atom. The first-order valence-electron chi connectivity index (χ1n) is 34.4. The summed E-state index contributed by atoms with van der Waals surface area (Å²) >= 11 is 29.2. The van der Waals surface area contributed by atoms with Crippen molar-refractivity contribution in [1.29, 1.82) is 0 Å². The fourth-order valence-electron chi connectivity index (χ4n) is 11.6. The smallest absolute Gasteiger partial charge is 0.870 e. The molecular weight excluding hydrogens is 1710 g/mol. The van der Waals surface area contributed by atoms with Gasteiger partial charge in [-0.05, 0) is 130 Å². The van der Waals surface area contributed by atoms with Gasteiger partial charge in [0.25, 0.3) is 0 Å². The molecule has 4 N–H and O–H groups in total. The molecule has 0 fully saturated rings. The maximum atomic E-state index is 14.9. The average Bonchev–Trinajstić information content (AvgIpc) is 0.741. The molecule has 115 heavy (non-hydrogen) atoms. The zero-order valence-corrected chi connectivity index (χ0v) is 71.9. The summed E-state index contributed by atoms with van der Waals surface area (Å²) < 4.78 is 48.9. The number of rotatable bonds is 12. The first-order valence-corrected chi connectivity index (χ1v) is 39.8. The van der Waals surface area contributed by atoms with Crippen molar-refractivity contribution >= 4 is 204 Å². The number of H-pyrrole nitrogens is 1. The Morgan fingerprint density at radius 2 is 0.722 bits per heavy atom. The molecule has 0 aliphatic heterocycles. The number of pyridine rings is 8. The van der Waals surface area contributed by atoms with Crippen molar-refractivity contribution in [3.8, 4) is 0 Å². The Kier molecular flexibility index (Phi) is 38.2. The molecule has 12 aromatic rings. The molecule has 0 spiro atoms. The molecule has 0 unspecified atom stereocenters. The Bertz CT molecular complexity index is 5870. The van der Waals surface area contributed by atoms with Gasteiger partial charge in [0.15, 0.2) is 33.3 Å². The number of aromatic nitrogens is 8. The number of nitrogens with zero attached hydrogens (tertiary/aromatic N) is 7. The number of aromatic amines is 1. The third kappa shape index (κ3) is 23.1. The molecule has 8 heterocycles. The standard InChI is InChI=1S/C21H23ClN2O3S.C20H20ClFN2O3.C19H19ClN2O3S.C16H14ClFN2O.C4H7IO2.3CH4.Li.2H2O/c1-6-27-16(25)11-24-17-12(7-9-14(22)19(17)28-5)18(26)13-8-10-15(21(2,3)4)23-20(13)24;1-5-27-15(25)10-24-17-11(6-8-13(21)16(17)22)18(26)12-7-9-14(20(2,3)4)23-19(12)24;1-19(2,3)13-8-6-11-16(25)10-5-7-12(20)17(26-4)15(10)22(9-14(23)24)18(11)21-13;1-16(2,3)11-7-5-9-14(21)8-4-6-10(17)12(18)13(8)20-15(9)19-11;1-2-7-4(6)3-5;;;;;;/h7-10H,6,11H2,1-5H3;6-9H,5,10H2,1-4H3;5-8H,9H2,1-4H3,(H,23,24);4-7H,1-3H3,(H,19,20,21);2-3H2,1H3;3*1H4;;2*1H2/q;;;;;;;;+1;;/p-2. The van der Waals surface area contributed by atoms with Crippen LogP contribution in [0.2, 0.25) is 20.1 Å². The van der Waals surface area contributed by atoms with Gasteiger partial charge in [0.2, 0.25) is 0 Å². The van der Waals surface area contributed by atoms with E-state index in [9.17, 15) is 52.2 Å². The van der Waals surface area contributed by atoms with Crippen LogP contribution in [0.25, 0.3) is 87.7 Å². The number of halogens is 7. The van der Waals surface area contributed by atoms with Crippen LogP contribution in [0.3, 0.4) is 0 Å². The molecule has 0 bridgehead atoms. The number of carboxylic acids is 1. The summed E-state index contributed by atoms with van der Waals surface area (Å²) in [6, 6.07) is 26.7. The molecule has 616 valence electrons. The van der Waals surface area contributed by atoms with Crippen molar-refractivity contribution in [3.05, 3.63) is 192 Å². The quantitative estimate of drug-likeness (QED) is 0.0218. The van der Waals surface area contributed by atoms with Crippen LogP contribution in [0.15, 0.2) is 126 Å². The van der Waals surface area contributed by atoms with Gasteiger partial charge in [-0.3, -0.25) is 38.4 Å². The monoisotopic (exact) mass is 1810 g/mol. The summed E-state index contributed by atoms with van der Waals surface area (Å²) in [5.74, 6) is -3.47. The molecule has 0 amide bonds. The van der Waals surface area contributed by atoms with E-state index in [1.54, 1.807) is 84.5 Å². The fourth-order valence-corrected chi connectivity index (χ4v) is 14.3. The van der Waals surface area contributed by atoms with Crippen molar-refractivity contribution < 1.29 is 77.1 Å². The van der Waals surface area contributed by atoms with E-state index in [2.05, 4.69) is 45.4 Å². The number of ether oxygens (including phenoxy) is 3. The van der Waals surface area contributed by atoms with Gasteiger partial charge < -0.3 is 49.0 Å². The van der Waals surface area contributed by atoms with E-state index in [4.69, 9.17) is 60.9 Å². The number of carbonyl (C=O) groups is 4. The molecule has 0 atom stereocenters. The number of carboxylic acid groups (broad SMARTS) is 1. The van der Waals surface area contributed by atoms with E-state index in [-0.39, 0.29) is 178 Å². The number of benzene rings is 4. The number of hydrogen-bond acceptors (Lipinski definition) is 19. The van der Waals surface area contributed by atoms with E-state index < -0.39 is 23.6 Å². The van der Waals surface area contributed by atoms with Crippen molar-refractivity contribution in [1.82, 2.24) is 38.6 Å². The number of alkyl halides is 1. The summed E-state index contributed by atoms with van der Waals surface area (Å²) in [6.07, 6.45) is 3.74. The van der Waals surface area contributed by atoms with E-state index in [1.165, 1.54) is 52.4 Å². The van der Waals surface area contributed by atoms with Crippen LogP contribution in [-0.2, 0) is 74.7 Å². The molecule has 8 aromatic heterocycles. The fraction of sp³-hybridized carbons (Fsp3) is 0.373. The van der Waals surface area contributed by atoms with Crippen LogP contribution < -0.4 is 40.6 Å². The maximum Gasteiger partial charge on any atom is 1.00 e.